The number of hydrogen-bond acceptors (Lipinski definition) is 7. The van der Waals surface area contributed by atoms with Crippen LogP contribution in [0.4, 0.5) is 9.93 Å². The van der Waals surface area contributed by atoms with Crippen molar-refractivity contribution in [2.24, 2.45) is 5.73 Å². The molecule has 12 heteroatoms. The maximum atomic E-state index is 12.7. The zero-order valence-electron chi connectivity index (χ0n) is 20.8. The van der Waals surface area contributed by atoms with Gasteiger partial charge in [0.25, 0.3) is 0 Å². The maximum Gasteiger partial charge on any atom is 0.321 e. The SMILES string of the molecule is CC(NC(=O)Cc1csc(NC(=O)NCc2ccccc2)n1)C(=O)NC(CC(=O)O)c1ccc(CN)cc1. The highest BCUT2D eigenvalue weighted by Gasteiger charge is 2.23. The highest BCUT2D eigenvalue weighted by atomic mass is 32.1. The smallest absolute Gasteiger partial charge is 0.321 e. The van der Waals surface area contributed by atoms with Crippen molar-refractivity contribution in [3.8, 4) is 0 Å². The van der Waals surface area contributed by atoms with Crippen molar-refractivity contribution < 1.29 is 24.3 Å². The Morgan fingerprint density at radius 2 is 1.71 bits per heavy atom. The fourth-order valence-electron chi connectivity index (χ4n) is 3.50. The van der Waals surface area contributed by atoms with Gasteiger partial charge in [0, 0.05) is 18.5 Å². The van der Waals surface area contributed by atoms with E-state index in [1.54, 1.807) is 29.6 Å². The number of nitrogens with two attached hydrogens (primary N) is 1. The molecular formula is C26H30N6O5S. The van der Waals surface area contributed by atoms with Gasteiger partial charge in [-0.25, -0.2) is 9.78 Å². The Hall–Kier alpha value is -4.29. The minimum atomic E-state index is -1.07. The molecule has 3 rings (SSSR count). The summed E-state index contributed by atoms with van der Waals surface area (Å²) in [6, 6.07) is 14.3. The topological polar surface area (TPSA) is 176 Å². The summed E-state index contributed by atoms with van der Waals surface area (Å²) in [5, 5.41) is 21.9. The van der Waals surface area contributed by atoms with Gasteiger partial charge in [-0.1, -0.05) is 54.6 Å². The Morgan fingerprint density at radius 1 is 1.00 bits per heavy atom. The van der Waals surface area contributed by atoms with E-state index in [-0.39, 0.29) is 12.8 Å². The Morgan fingerprint density at radius 3 is 2.37 bits per heavy atom. The lowest BCUT2D eigenvalue weighted by atomic mass is 10.0. The standard InChI is InChI=1S/C26H30N6O5S/c1-16(24(36)31-21(12-23(34)35)19-9-7-17(13-27)8-10-19)29-22(33)11-20-15-38-26(30-20)32-25(37)28-14-18-5-3-2-4-6-18/h2-10,15-16,21H,11-14,27H2,1H3,(H,29,33)(H,31,36)(H,34,35)(H2,28,30,32,37). The molecule has 0 spiro atoms. The number of carbonyl (C=O) groups excluding carboxylic acids is 3. The van der Waals surface area contributed by atoms with E-state index < -0.39 is 35.9 Å². The summed E-state index contributed by atoms with van der Waals surface area (Å²) in [5.74, 6) is -2.04. The monoisotopic (exact) mass is 538 g/mol. The van der Waals surface area contributed by atoms with Crippen LogP contribution in [0.2, 0.25) is 0 Å². The molecule has 4 amide bonds. The summed E-state index contributed by atoms with van der Waals surface area (Å²) in [6.07, 6.45) is -0.414. The van der Waals surface area contributed by atoms with E-state index in [0.717, 1.165) is 11.1 Å². The number of carbonyl (C=O) groups is 4. The number of benzene rings is 2. The normalized spacial score (nSPS) is 12.2. The molecule has 7 N–H and O–H groups in total. The number of carboxylic acid groups (broad SMARTS) is 1. The lowest BCUT2D eigenvalue weighted by molar-refractivity contribution is -0.138. The number of rotatable bonds is 12. The molecule has 0 radical (unpaired) electrons. The van der Waals surface area contributed by atoms with E-state index in [9.17, 15) is 24.3 Å². The summed E-state index contributed by atoms with van der Waals surface area (Å²) in [7, 11) is 0. The Kier molecular flexibility index (Phi) is 10.3. The highest BCUT2D eigenvalue weighted by Crippen LogP contribution is 2.18. The third kappa shape index (κ3) is 8.98. The van der Waals surface area contributed by atoms with Gasteiger partial charge in [0.2, 0.25) is 11.8 Å². The van der Waals surface area contributed by atoms with Crippen LogP contribution in [0.5, 0.6) is 0 Å². The number of aromatic nitrogens is 1. The average Bonchev–Trinajstić information content (AvgIpc) is 3.33. The van der Waals surface area contributed by atoms with Crippen LogP contribution < -0.4 is 27.0 Å². The summed E-state index contributed by atoms with van der Waals surface area (Å²) < 4.78 is 0. The molecule has 3 aromatic rings. The largest absolute Gasteiger partial charge is 0.481 e. The van der Waals surface area contributed by atoms with Gasteiger partial charge in [0.1, 0.15) is 6.04 Å². The van der Waals surface area contributed by atoms with Gasteiger partial charge in [-0.2, -0.15) is 0 Å². The molecular weight excluding hydrogens is 508 g/mol. The van der Waals surface area contributed by atoms with Crippen LogP contribution in [-0.2, 0) is 33.9 Å². The summed E-state index contributed by atoms with van der Waals surface area (Å²) >= 11 is 1.18. The molecule has 0 saturated carbocycles. The van der Waals surface area contributed by atoms with Crippen molar-refractivity contribution >= 4 is 40.3 Å². The molecule has 0 aliphatic rings. The molecule has 11 nitrogen and oxygen atoms in total. The second kappa shape index (κ2) is 13.9. The quantitative estimate of drug-likeness (QED) is 0.205. The van der Waals surface area contributed by atoms with Crippen molar-refractivity contribution in [2.75, 3.05) is 5.32 Å². The van der Waals surface area contributed by atoms with Crippen LogP contribution in [-0.4, -0.2) is 39.9 Å². The minimum absolute atomic E-state index is 0.0967. The molecule has 38 heavy (non-hydrogen) atoms. The number of hydrogen-bond donors (Lipinski definition) is 6. The minimum Gasteiger partial charge on any atom is -0.481 e. The van der Waals surface area contributed by atoms with Crippen molar-refractivity contribution in [2.45, 2.75) is 44.9 Å². The van der Waals surface area contributed by atoms with Gasteiger partial charge in [-0.15, -0.1) is 11.3 Å². The van der Waals surface area contributed by atoms with Crippen molar-refractivity contribution in [3.05, 3.63) is 82.4 Å². The lowest BCUT2D eigenvalue weighted by Gasteiger charge is -2.21. The molecule has 0 saturated heterocycles. The molecule has 2 unspecified atom stereocenters. The fourth-order valence-corrected chi connectivity index (χ4v) is 4.20. The van der Waals surface area contributed by atoms with Gasteiger partial charge >= 0.3 is 12.0 Å². The molecule has 0 bridgehead atoms. The number of amides is 4. The summed E-state index contributed by atoms with van der Waals surface area (Å²) in [5.41, 5.74) is 8.49. The highest BCUT2D eigenvalue weighted by molar-refractivity contribution is 7.13. The van der Waals surface area contributed by atoms with Gasteiger partial charge in [-0.05, 0) is 23.6 Å². The molecule has 0 aliphatic heterocycles. The second-order valence-corrected chi connectivity index (χ2v) is 9.37. The van der Waals surface area contributed by atoms with E-state index in [2.05, 4.69) is 26.3 Å². The number of thiazole rings is 1. The number of nitrogens with zero attached hydrogens (tertiary/aromatic N) is 1. The molecule has 1 aromatic heterocycles. The predicted octanol–water partition coefficient (Wildman–Crippen LogP) is 2.30. The van der Waals surface area contributed by atoms with E-state index in [1.165, 1.54) is 18.3 Å². The number of anilines is 1. The molecule has 0 fully saturated rings. The van der Waals surface area contributed by atoms with Crippen molar-refractivity contribution in [1.82, 2.24) is 20.9 Å². The van der Waals surface area contributed by atoms with Gasteiger partial charge in [0.05, 0.1) is 24.6 Å². The first-order valence-electron chi connectivity index (χ1n) is 11.9. The Balaban J connectivity index is 1.48. The lowest BCUT2D eigenvalue weighted by Crippen LogP contribution is -2.46. The Bertz CT molecular complexity index is 1250. The number of carboxylic acids is 1. The van der Waals surface area contributed by atoms with Gasteiger partial charge in [-0.3, -0.25) is 19.7 Å². The van der Waals surface area contributed by atoms with Crippen molar-refractivity contribution in [1.29, 1.82) is 0 Å². The number of nitrogens with one attached hydrogen (secondary N) is 4. The first-order valence-corrected chi connectivity index (χ1v) is 12.7. The maximum absolute atomic E-state index is 12.7. The van der Waals surface area contributed by atoms with E-state index in [4.69, 9.17) is 5.73 Å². The molecule has 200 valence electrons. The molecule has 0 aliphatic carbocycles. The van der Waals surface area contributed by atoms with Gasteiger partial charge in [0.15, 0.2) is 5.13 Å². The first kappa shape index (κ1) is 28.3. The zero-order valence-corrected chi connectivity index (χ0v) is 21.6. The van der Waals surface area contributed by atoms with Crippen LogP contribution in [0.1, 0.15) is 41.8 Å². The third-order valence-electron chi connectivity index (χ3n) is 5.49. The summed E-state index contributed by atoms with van der Waals surface area (Å²) in [4.78, 5) is 52.9. The molecule has 2 atom stereocenters. The van der Waals surface area contributed by atoms with Crippen LogP contribution in [0.3, 0.4) is 0 Å². The van der Waals surface area contributed by atoms with E-state index >= 15 is 0 Å². The van der Waals surface area contributed by atoms with Crippen molar-refractivity contribution in [3.63, 3.8) is 0 Å². The summed E-state index contributed by atoms with van der Waals surface area (Å²) in [6.45, 7) is 2.21. The average molecular weight is 539 g/mol. The van der Waals surface area contributed by atoms with Crippen LogP contribution in [0.25, 0.3) is 0 Å². The fraction of sp³-hybridized carbons (Fsp3) is 0.269. The predicted molar refractivity (Wildman–Crippen MR) is 143 cm³/mol. The van der Waals surface area contributed by atoms with Gasteiger partial charge < -0.3 is 26.8 Å². The number of aliphatic carboxylic acids is 1. The second-order valence-electron chi connectivity index (χ2n) is 8.51. The Labute approximate surface area is 223 Å². The number of urea groups is 1. The zero-order chi connectivity index (χ0) is 27.5. The van der Waals surface area contributed by atoms with Crippen LogP contribution in [0.15, 0.2) is 60.0 Å². The molecule has 1 heterocycles. The molecule has 2 aromatic carbocycles. The van der Waals surface area contributed by atoms with E-state index in [0.29, 0.717) is 29.5 Å². The van der Waals surface area contributed by atoms with Crippen LogP contribution in [0, 0.1) is 0 Å². The third-order valence-corrected chi connectivity index (χ3v) is 6.30. The van der Waals surface area contributed by atoms with E-state index in [1.807, 2.05) is 30.3 Å². The first-order chi connectivity index (χ1) is 18.2. The van der Waals surface area contributed by atoms with Crippen LogP contribution >= 0.6 is 11.3 Å².